The van der Waals surface area contributed by atoms with E-state index in [1.54, 1.807) is 4.31 Å². The molecule has 0 aromatic rings. The Labute approximate surface area is 123 Å². The van der Waals surface area contributed by atoms with Crippen LogP contribution in [0.15, 0.2) is 0 Å². The van der Waals surface area contributed by atoms with Crippen molar-refractivity contribution in [2.24, 2.45) is 0 Å². The van der Waals surface area contributed by atoms with Crippen molar-refractivity contribution in [2.45, 2.75) is 51.6 Å². The maximum absolute atomic E-state index is 12.3. The second-order valence-corrected chi connectivity index (χ2v) is 9.04. The van der Waals surface area contributed by atoms with Gasteiger partial charge < -0.3 is 5.32 Å². The Balaban J connectivity index is 1.73. The Morgan fingerprint density at radius 1 is 1.10 bits per heavy atom. The van der Waals surface area contributed by atoms with Gasteiger partial charge in [0.2, 0.25) is 10.0 Å². The van der Waals surface area contributed by atoms with Gasteiger partial charge in [-0.05, 0) is 46.6 Å². The highest BCUT2D eigenvalue weighted by Gasteiger charge is 2.31. The highest BCUT2D eigenvalue weighted by molar-refractivity contribution is 7.89. The molecule has 1 saturated heterocycles. The monoisotopic (exact) mass is 303 g/mol. The molecule has 0 bridgehead atoms. The van der Waals surface area contributed by atoms with E-state index in [-0.39, 0.29) is 11.3 Å². The third-order valence-electron chi connectivity index (χ3n) is 4.17. The minimum Gasteiger partial charge on any atom is -0.314 e. The van der Waals surface area contributed by atoms with Gasteiger partial charge in [-0.25, -0.2) is 8.42 Å². The number of sulfonamides is 1. The molecule has 0 aromatic heterocycles. The molecule has 118 valence electrons. The van der Waals surface area contributed by atoms with E-state index in [1.807, 2.05) is 0 Å². The van der Waals surface area contributed by atoms with Crippen molar-refractivity contribution in [1.82, 2.24) is 14.5 Å². The van der Waals surface area contributed by atoms with Crippen molar-refractivity contribution in [3.05, 3.63) is 0 Å². The van der Waals surface area contributed by atoms with Gasteiger partial charge in [0.05, 0.1) is 5.75 Å². The summed E-state index contributed by atoms with van der Waals surface area (Å²) in [4.78, 5) is 2.35. The fourth-order valence-electron chi connectivity index (χ4n) is 2.61. The molecule has 0 amide bonds. The molecule has 2 rings (SSSR count). The van der Waals surface area contributed by atoms with Crippen LogP contribution in [0.1, 0.15) is 40.0 Å². The molecule has 0 spiro atoms. The summed E-state index contributed by atoms with van der Waals surface area (Å²) in [6.07, 6.45) is 3.22. The van der Waals surface area contributed by atoms with Crippen molar-refractivity contribution in [1.29, 1.82) is 0 Å². The molecule has 1 aliphatic heterocycles. The molecular formula is C14H29N3O2S. The van der Waals surface area contributed by atoms with Crippen LogP contribution in [0.2, 0.25) is 0 Å². The Kier molecular flexibility index (Phi) is 5.10. The molecule has 1 aliphatic carbocycles. The standard InChI is InChI=1S/C14H29N3O2S/c1-14(2,3)16-8-10-17(11-9-16)20(18,19)12-4-7-15-13-5-6-13/h13,15H,4-12H2,1-3H3. The molecular weight excluding hydrogens is 274 g/mol. The van der Waals surface area contributed by atoms with Gasteiger partial charge in [-0.1, -0.05) is 0 Å². The van der Waals surface area contributed by atoms with Gasteiger partial charge in [-0.2, -0.15) is 4.31 Å². The lowest BCUT2D eigenvalue weighted by Crippen LogP contribution is -2.54. The predicted octanol–water partition coefficient (Wildman–Crippen LogP) is 0.874. The lowest BCUT2D eigenvalue weighted by molar-refractivity contribution is 0.0922. The van der Waals surface area contributed by atoms with Crippen LogP contribution >= 0.6 is 0 Å². The van der Waals surface area contributed by atoms with Crippen molar-refractivity contribution in [3.63, 3.8) is 0 Å². The van der Waals surface area contributed by atoms with Crippen LogP contribution in [0.5, 0.6) is 0 Å². The molecule has 0 atom stereocenters. The van der Waals surface area contributed by atoms with Gasteiger partial charge in [0.25, 0.3) is 0 Å². The predicted molar refractivity (Wildman–Crippen MR) is 82.3 cm³/mol. The topological polar surface area (TPSA) is 52.7 Å². The van der Waals surface area contributed by atoms with Gasteiger partial charge in [-0.3, -0.25) is 4.90 Å². The van der Waals surface area contributed by atoms with E-state index >= 15 is 0 Å². The van der Waals surface area contributed by atoms with Crippen molar-refractivity contribution in [2.75, 3.05) is 38.5 Å². The molecule has 1 heterocycles. The minimum atomic E-state index is -3.06. The molecule has 0 aromatic carbocycles. The zero-order valence-electron chi connectivity index (χ0n) is 13.1. The summed E-state index contributed by atoms with van der Waals surface area (Å²) < 4.78 is 26.2. The summed E-state index contributed by atoms with van der Waals surface area (Å²) >= 11 is 0. The summed E-state index contributed by atoms with van der Waals surface area (Å²) in [6, 6.07) is 0.660. The number of hydrogen-bond donors (Lipinski definition) is 1. The normalized spacial score (nSPS) is 23.1. The highest BCUT2D eigenvalue weighted by atomic mass is 32.2. The van der Waals surface area contributed by atoms with Crippen LogP contribution in [0.3, 0.4) is 0 Å². The highest BCUT2D eigenvalue weighted by Crippen LogP contribution is 2.19. The van der Waals surface area contributed by atoms with Gasteiger partial charge in [-0.15, -0.1) is 0 Å². The molecule has 1 saturated carbocycles. The Morgan fingerprint density at radius 2 is 1.70 bits per heavy atom. The summed E-state index contributed by atoms with van der Waals surface area (Å²) in [5.74, 6) is 0.280. The summed E-state index contributed by atoms with van der Waals surface area (Å²) in [5, 5.41) is 3.37. The molecule has 2 fully saturated rings. The Hall–Kier alpha value is -0.170. The number of hydrogen-bond acceptors (Lipinski definition) is 4. The molecule has 1 N–H and O–H groups in total. The minimum absolute atomic E-state index is 0.129. The smallest absolute Gasteiger partial charge is 0.214 e. The average Bonchev–Trinajstić information content (AvgIpc) is 3.18. The molecule has 6 heteroatoms. The first-order valence-corrected chi connectivity index (χ1v) is 9.36. The fourth-order valence-corrected chi connectivity index (χ4v) is 4.10. The Bertz CT molecular complexity index is 405. The molecule has 0 unspecified atom stereocenters. The van der Waals surface area contributed by atoms with Crippen LogP contribution in [-0.4, -0.2) is 67.7 Å². The van der Waals surface area contributed by atoms with E-state index in [9.17, 15) is 8.42 Å². The first-order valence-electron chi connectivity index (χ1n) is 7.75. The van der Waals surface area contributed by atoms with E-state index in [1.165, 1.54) is 12.8 Å². The largest absolute Gasteiger partial charge is 0.314 e. The van der Waals surface area contributed by atoms with E-state index in [0.717, 1.165) is 26.1 Å². The van der Waals surface area contributed by atoms with Gasteiger partial charge >= 0.3 is 0 Å². The zero-order chi connectivity index (χ0) is 14.8. The maximum Gasteiger partial charge on any atom is 0.214 e. The van der Waals surface area contributed by atoms with Crippen LogP contribution < -0.4 is 5.32 Å². The zero-order valence-corrected chi connectivity index (χ0v) is 13.9. The van der Waals surface area contributed by atoms with Crippen molar-refractivity contribution >= 4 is 10.0 Å². The summed E-state index contributed by atoms with van der Waals surface area (Å²) in [5.41, 5.74) is 0.129. The lowest BCUT2D eigenvalue weighted by Gasteiger charge is -2.41. The number of nitrogens with zero attached hydrogens (tertiary/aromatic N) is 2. The SMILES string of the molecule is CC(C)(C)N1CCN(S(=O)(=O)CCCNC2CC2)CC1. The summed E-state index contributed by atoms with van der Waals surface area (Å²) in [6.45, 7) is 10.3. The first kappa shape index (κ1) is 16.2. The van der Waals surface area contributed by atoms with Crippen LogP contribution in [0.25, 0.3) is 0 Å². The summed E-state index contributed by atoms with van der Waals surface area (Å²) in [7, 11) is -3.06. The van der Waals surface area contributed by atoms with E-state index in [4.69, 9.17) is 0 Å². The number of rotatable bonds is 6. The quantitative estimate of drug-likeness (QED) is 0.740. The van der Waals surface area contributed by atoms with Gasteiger partial charge in [0, 0.05) is 37.8 Å². The van der Waals surface area contributed by atoms with Gasteiger partial charge in [0.15, 0.2) is 0 Å². The Morgan fingerprint density at radius 3 is 2.20 bits per heavy atom. The number of piperazine rings is 1. The average molecular weight is 303 g/mol. The third-order valence-corrected chi connectivity index (χ3v) is 6.13. The fraction of sp³-hybridized carbons (Fsp3) is 1.00. The second kappa shape index (κ2) is 6.30. The third kappa shape index (κ3) is 4.69. The van der Waals surface area contributed by atoms with Gasteiger partial charge in [0.1, 0.15) is 0 Å². The van der Waals surface area contributed by atoms with E-state index in [0.29, 0.717) is 19.1 Å². The maximum atomic E-state index is 12.3. The number of nitrogens with one attached hydrogen (secondary N) is 1. The lowest BCUT2D eigenvalue weighted by atomic mass is 10.1. The van der Waals surface area contributed by atoms with E-state index < -0.39 is 10.0 Å². The van der Waals surface area contributed by atoms with Crippen LogP contribution in [-0.2, 0) is 10.0 Å². The second-order valence-electron chi connectivity index (χ2n) is 6.95. The van der Waals surface area contributed by atoms with Crippen molar-refractivity contribution < 1.29 is 8.42 Å². The van der Waals surface area contributed by atoms with Crippen LogP contribution in [0.4, 0.5) is 0 Å². The van der Waals surface area contributed by atoms with Crippen LogP contribution in [0, 0.1) is 0 Å². The van der Waals surface area contributed by atoms with Crippen molar-refractivity contribution in [3.8, 4) is 0 Å². The molecule has 2 aliphatic rings. The van der Waals surface area contributed by atoms with E-state index in [2.05, 4.69) is 31.0 Å². The first-order chi connectivity index (χ1) is 9.29. The molecule has 5 nitrogen and oxygen atoms in total. The molecule has 0 radical (unpaired) electrons. The molecule has 20 heavy (non-hydrogen) atoms.